The van der Waals surface area contributed by atoms with Gasteiger partial charge in [-0.25, -0.2) is 9.97 Å². The van der Waals surface area contributed by atoms with Crippen molar-refractivity contribution in [3.05, 3.63) is 188 Å². The molecule has 8 heteroatoms. The van der Waals surface area contributed by atoms with Gasteiger partial charge in [0, 0.05) is 50.7 Å². The zero-order chi connectivity index (χ0) is 40.0. The number of fused-ring (bicyclic) bond motifs is 11. The van der Waals surface area contributed by atoms with Gasteiger partial charge < -0.3 is 13.7 Å². The molecule has 61 heavy (non-hydrogen) atoms. The number of hydrogen-bond donors (Lipinski definition) is 0. The molecule has 0 aliphatic rings. The number of hydrogen-bond acceptors (Lipinski definition) is 8. The molecule has 0 unspecified atom stereocenters. The van der Waals surface area contributed by atoms with Gasteiger partial charge in [-0.2, -0.15) is 0 Å². The Labute approximate surface area is 352 Å². The fraction of sp³-hybridized carbons (Fsp3) is 0. The van der Waals surface area contributed by atoms with Crippen molar-refractivity contribution >= 4 is 132 Å². The van der Waals surface area contributed by atoms with Crippen LogP contribution in [0.3, 0.4) is 0 Å². The summed E-state index contributed by atoms with van der Waals surface area (Å²) in [4.78, 5) is 20.7. The normalized spacial score (nSPS) is 11.9. The molecule has 0 fully saturated rings. The summed E-state index contributed by atoms with van der Waals surface area (Å²) < 4.78 is 13.7. The van der Waals surface area contributed by atoms with E-state index in [0.29, 0.717) is 5.82 Å². The zero-order valence-corrected chi connectivity index (χ0v) is 33.2. The number of nitrogens with zero attached hydrogens (tertiary/aromatic N) is 5. The van der Waals surface area contributed by atoms with Crippen LogP contribution in [-0.2, 0) is 0 Å². The number of furan rings is 2. The summed E-state index contributed by atoms with van der Waals surface area (Å²) in [6.45, 7) is 0. The minimum Gasteiger partial charge on any atom is -0.456 e. The van der Waals surface area contributed by atoms with Gasteiger partial charge in [-0.15, -0.1) is 11.3 Å². The second-order valence-corrected chi connectivity index (χ2v) is 16.3. The second kappa shape index (κ2) is 13.2. The van der Waals surface area contributed by atoms with Gasteiger partial charge in [-0.1, -0.05) is 97.1 Å². The largest absolute Gasteiger partial charge is 0.456 e. The Morgan fingerprint density at radius 3 is 1.51 bits per heavy atom. The molecule has 0 bridgehead atoms. The average Bonchev–Trinajstić information content (AvgIpc) is 3.99. The molecule has 0 N–H and O–H groups in total. The number of aromatic nitrogens is 3. The number of anilines is 6. The summed E-state index contributed by atoms with van der Waals surface area (Å²) in [6, 6.07) is 61.2. The number of rotatable bonds is 6. The highest BCUT2D eigenvalue weighted by atomic mass is 32.1. The summed E-state index contributed by atoms with van der Waals surface area (Å²) in [5.41, 5.74) is 9.75. The Hall–Kier alpha value is -8.07. The molecule has 0 aliphatic carbocycles. The van der Waals surface area contributed by atoms with E-state index in [0.717, 1.165) is 104 Å². The highest BCUT2D eigenvalue weighted by Crippen LogP contribution is 2.43. The molecule has 5 aromatic heterocycles. The van der Waals surface area contributed by atoms with Gasteiger partial charge in [0.1, 0.15) is 38.2 Å². The third-order valence-corrected chi connectivity index (χ3v) is 12.7. The first kappa shape index (κ1) is 33.9. The van der Waals surface area contributed by atoms with Crippen LogP contribution in [0.1, 0.15) is 0 Å². The molecule has 0 saturated carbocycles. The van der Waals surface area contributed by atoms with Crippen molar-refractivity contribution < 1.29 is 8.83 Å². The molecule has 0 spiro atoms. The van der Waals surface area contributed by atoms with Gasteiger partial charge in [0.25, 0.3) is 0 Å². The lowest BCUT2D eigenvalue weighted by Crippen LogP contribution is -2.12. The van der Waals surface area contributed by atoms with Gasteiger partial charge in [0.2, 0.25) is 0 Å². The van der Waals surface area contributed by atoms with Crippen LogP contribution in [0.15, 0.2) is 197 Å². The third kappa shape index (κ3) is 5.46. The lowest BCUT2D eigenvalue weighted by molar-refractivity contribution is 0.668. The van der Waals surface area contributed by atoms with Crippen LogP contribution in [-0.4, -0.2) is 15.0 Å². The van der Waals surface area contributed by atoms with Crippen molar-refractivity contribution in [3.63, 3.8) is 0 Å². The number of pyridine rings is 1. The van der Waals surface area contributed by atoms with Gasteiger partial charge >= 0.3 is 0 Å². The molecular formula is C53H31N5O2S. The maximum absolute atomic E-state index is 6.38. The summed E-state index contributed by atoms with van der Waals surface area (Å²) >= 11 is 1.60. The van der Waals surface area contributed by atoms with E-state index < -0.39 is 0 Å². The van der Waals surface area contributed by atoms with E-state index in [1.807, 2.05) is 48.8 Å². The molecule has 8 aromatic carbocycles. The lowest BCUT2D eigenvalue weighted by Gasteiger charge is -2.25. The molecule has 286 valence electrons. The van der Waals surface area contributed by atoms with Crippen molar-refractivity contribution in [2.24, 2.45) is 0 Å². The highest BCUT2D eigenvalue weighted by molar-refractivity contribution is 7.25. The maximum atomic E-state index is 6.38. The first-order valence-corrected chi connectivity index (χ1v) is 21.0. The Kier molecular flexibility index (Phi) is 7.34. The molecule has 0 radical (unpaired) electrons. The Balaban J connectivity index is 0.961. The van der Waals surface area contributed by atoms with Gasteiger partial charge in [-0.05, 0) is 88.3 Å². The van der Waals surface area contributed by atoms with E-state index in [-0.39, 0.29) is 0 Å². The Bertz CT molecular complexity index is 3630. The first-order chi connectivity index (χ1) is 30.2. The smallest absolute Gasteiger partial charge is 0.157 e. The van der Waals surface area contributed by atoms with Gasteiger partial charge in [0.15, 0.2) is 5.82 Å². The van der Waals surface area contributed by atoms with E-state index in [1.165, 1.54) is 10.8 Å². The molecule has 0 atom stereocenters. The van der Waals surface area contributed by atoms with Crippen LogP contribution in [0.25, 0.3) is 86.0 Å². The van der Waals surface area contributed by atoms with Crippen LogP contribution in [0.4, 0.5) is 34.3 Å². The van der Waals surface area contributed by atoms with E-state index >= 15 is 0 Å². The number of para-hydroxylation sites is 2. The Morgan fingerprint density at radius 1 is 0.377 bits per heavy atom. The fourth-order valence-corrected chi connectivity index (χ4v) is 9.84. The zero-order valence-electron chi connectivity index (χ0n) is 32.4. The Morgan fingerprint density at radius 2 is 0.869 bits per heavy atom. The molecule has 0 amide bonds. The monoisotopic (exact) mass is 801 g/mol. The van der Waals surface area contributed by atoms with Gasteiger partial charge in [-0.3, -0.25) is 9.88 Å². The summed E-state index contributed by atoms with van der Waals surface area (Å²) in [7, 11) is 0. The summed E-state index contributed by atoms with van der Waals surface area (Å²) in [6.07, 6.45) is 3.79. The molecule has 7 nitrogen and oxygen atoms in total. The maximum Gasteiger partial charge on any atom is 0.157 e. The van der Waals surface area contributed by atoms with Crippen molar-refractivity contribution in [3.8, 4) is 0 Å². The van der Waals surface area contributed by atoms with Crippen LogP contribution in [0, 0.1) is 0 Å². The molecule has 13 aromatic rings. The number of benzene rings is 8. The van der Waals surface area contributed by atoms with E-state index in [4.69, 9.17) is 23.8 Å². The molecule has 13 rings (SSSR count). The van der Waals surface area contributed by atoms with Crippen LogP contribution in [0.2, 0.25) is 0 Å². The van der Waals surface area contributed by atoms with Crippen LogP contribution < -0.4 is 9.80 Å². The predicted molar refractivity (Wildman–Crippen MR) is 252 cm³/mol. The minimum absolute atomic E-state index is 0.696. The van der Waals surface area contributed by atoms with Crippen molar-refractivity contribution in [2.45, 2.75) is 0 Å². The summed E-state index contributed by atoms with van der Waals surface area (Å²) in [5.74, 6) is 0.696. The van der Waals surface area contributed by atoms with E-state index in [9.17, 15) is 0 Å². The van der Waals surface area contributed by atoms with Crippen LogP contribution in [0.5, 0.6) is 0 Å². The van der Waals surface area contributed by atoms with Crippen molar-refractivity contribution in [1.82, 2.24) is 15.0 Å². The molecule has 0 saturated heterocycles. The average molecular weight is 802 g/mol. The topological polar surface area (TPSA) is 71.4 Å². The highest BCUT2D eigenvalue weighted by Gasteiger charge is 2.22. The quantitative estimate of drug-likeness (QED) is 0.166. The summed E-state index contributed by atoms with van der Waals surface area (Å²) in [5, 5.41) is 8.99. The lowest BCUT2D eigenvalue weighted by atomic mass is 10.1. The standard InChI is InChI=1S/C53H31N5O2S/c1-3-11-34-25-36(19-17-32(34)9-1)57(38-21-23-43-41-13-5-7-15-45(41)59-47(43)27-38)40-29-49-51(54-30-40)52-53(61-49)56-50(31-55-52)58(37-20-18-33-10-2-4-12-35(33)26-37)39-22-24-44-42-14-6-8-16-46(42)60-48(44)28-39/h1-31H. The van der Waals surface area contributed by atoms with E-state index in [1.54, 1.807) is 11.3 Å². The molecule has 5 heterocycles. The minimum atomic E-state index is 0.696. The van der Waals surface area contributed by atoms with E-state index in [2.05, 4.69) is 149 Å². The predicted octanol–water partition coefficient (Wildman–Crippen LogP) is 15.3. The first-order valence-electron chi connectivity index (χ1n) is 20.1. The fourth-order valence-electron chi connectivity index (χ4n) is 8.82. The van der Waals surface area contributed by atoms with Crippen LogP contribution >= 0.6 is 11.3 Å². The van der Waals surface area contributed by atoms with Gasteiger partial charge in [0.05, 0.1) is 28.5 Å². The molecular weight excluding hydrogens is 771 g/mol. The molecule has 0 aliphatic heterocycles. The van der Waals surface area contributed by atoms with Crippen molar-refractivity contribution in [2.75, 3.05) is 9.80 Å². The third-order valence-electron chi connectivity index (χ3n) is 11.7. The number of thiophene rings is 1. The SMILES string of the molecule is c1ccc2cc(N(c3ccc4c(c3)oc3ccccc34)c3cnc4c(c3)sc3nc(N(c5ccc6ccccc6c5)c5ccc6c(c5)oc5ccccc56)cnc34)ccc2c1. The second-order valence-electron chi connectivity index (χ2n) is 15.3. The van der Waals surface area contributed by atoms with Crippen molar-refractivity contribution in [1.29, 1.82) is 0 Å².